The van der Waals surface area contributed by atoms with E-state index in [1.54, 1.807) is 7.11 Å². The van der Waals surface area contributed by atoms with Crippen molar-refractivity contribution >= 4 is 5.91 Å². The summed E-state index contributed by atoms with van der Waals surface area (Å²) >= 11 is 0. The second kappa shape index (κ2) is 6.87. The van der Waals surface area contributed by atoms with Crippen molar-refractivity contribution in [3.63, 3.8) is 0 Å². The van der Waals surface area contributed by atoms with Gasteiger partial charge in [-0.05, 0) is 62.1 Å². The lowest BCUT2D eigenvalue weighted by atomic mass is 9.54. The fraction of sp³-hybridized carbons (Fsp3) is 0.650. The minimum atomic E-state index is -0.485. The van der Waals surface area contributed by atoms with E-state index in [1.807, 2.05) is 12.1 Å². The topological polar surface area (TPSA) is 78.2 Å². The predicted molar refractivity (Wildman–Crippen MR) is 94.1 cm³/mol. The third-order valence-electron chi connectivity index (χ3n) is 6.52. The quantitative estimate of drug-likeness (QED) is 0.785. The number of quaternary nitrogens is 1. The third-order valence-corrected chi connectivity index (χ3v) is 6.52. The standard InChI is InChI=1S/C20H28N2O3/c1-24-18-9-12(2-3-17(18)25-11-19(21)23)10-22-20-15-5-13-4-14(7-15)8-16(20)6-13/h2-3,9,13-16,20,22H,4-8,10-11H2,1H3,(H2,21,23)/p+1. The molecule has 25 heavy (non-hydrogen) atoms. The molecule has 0 radical (unpaired) electrons. The van der Waals surface area contributed by atoms with E-state index in [-0.39, 0.29) is 6.61 Å². The zero-order valence-electron chi connectivity index (χ0n) is 14.9. The van der Waals surface area contributed by atoms with E-state index >= 15 is 0 Å². The van der Waals surface area contributed by atoms with Crippen LogP contribution in [0, 0.1) is 23.7 Å². The zero-order chi connectivity index (χ0) is 17.4. The Bertz CT molecular complexity index is 618. The summed E-state index contributed by atoms with van der Waals surface area (Å²) in [4.78, 5) is 10.9. The predicted octanol–water partition coefficient (Wildman–Crippen LogP) is 1.45. The van der Waals surface area contributed by atoms with Crippen molar-refractivity contribution in [3.05, 3.63) is 23.8 Å². The average molecular weight is 345 g/mol. The number of carbonyl (C=O) groups is 1. The van der Waals surface area contributed by atoms with E-state index in [9.17, 15) is 4.79 Å². The molecule has 5 nitrogen and oxygen atoms in total. The summed E-state index contributed by atoms with van der Waals surface area (Å²) in [7, 11) is 1.62. The first-order chi connectivity index (χ1) is 12.1. The van der Waals surface area contributed by atoms with Crippen LogP contribution in [-0.4, -0.2) is 25.7 Å². The van der Waals surface area contributed by atoms with Gasteiger partial charge in [0.1, 0.15) is 6.54 Å². The first kappa shape index (κ1) is 16.7. The molecule has 0 atom stereocenters. The smallest absolute Gasteiger partial charge is 0.255 e. The number of carbonyl (C=O) groups excluding carboxylic acids is 1. The molecule has 4 fully saturated rings. The number of amides is 1. The van der Waals surface area contributed by atoms with Gasteiger partial charge in [0, 0.05) is 17.4 Å². The SMILES string of the molecule is COc1cc(C[NH2+]C2C3CC4CC(C3)CC2C4)ccc1OCC(N)=O. The normalized spacial score (nSPS) is 32.6. The molecule has 4 aliphatic carbocycles. The molecular weight excluding hydrogens is 316 g/mol. The summed E-state index contributed by atoms with van der Waals surface area (Å²) in [5.41, 5.74) is 6.37. The molecule has 1 aromatic carbocycles. The summed E-state index contributed by atoms with van der Waals surface area (Å²) in [6, 6.07) is 6.75. The summed E-state index contributed by atoms with van der Waals surface area (Å²) in [5, 5.41) is 2.56. The molecule has 0 unspecified atom stereocenters. The van der Waals surface area contributed by atoms with Crippen molar-refractivity contribution in [1.29, 1.82) is 0 Å². The molecule has 0 aliphatic heterocycles. The van der Waals surface area contributed by atoms with Gasteiger partial charge in [0.25, 0.3) is 5.91 Å². The fourth-order valence-corrected chi connectivity index (χ4v) is 5.73. The van der Waals surface area contributed by atoms with Crippen molar-refractivity contribution in [1.82, 2.24) is 0 Å². The Morgan fingerprint density at radius 1 is 1.12 bits per heavy atom. The Morgan fingerprint density at radius 2 is 1.80 bits per heavy atom. The lowest BCUT2D eigenvalue weighted by Crippen LogP contribution is -2.93. The highest BCUT2D eigenvalue weighted by Crippen LogP contribution is 2.52. The number of primary amides is 1. The van der Waals surface area contributed by atoms with E-state index in [0.717, 1.165) is 36.3 Å². The molecule has 5 heteroatoms. The molecule has 0 heterocycles. The Balaban J connectivity index is 1.38. The van der Waals surface area contributed by atoms with Crippen LogP contribution in [0.5, 0.6) is 11.5 Å². The van der Waals surface area contributed by atoms with Crippen molar-refractivity contribution in [2.75, 3.05) is 13.7 Å². The number of benzene rings is 1. The largest absolute Gasteiger partial charge is 0.493 e. The number of hydrogen-bond acceptors (Lipinski definition) is 3. The molecule has 4 aliphatic rings. The van der Waals surface area contributed by atoms with Crippen molar-refractivity contribution < 1.29 is 19.6 Å². The van der Waals surface area contributed by atoms with Gasteiger partial charge in [0.05, 0.1) is 13.2 Å². The molecule has 0 spiro atoms. The van der Waals surface area contributed by atoms with Crippen molar-refractivity contribution in [3.8, 4) is 11.5 Å². The molecule has 0 saturated heterocycles. The minimum Gasteiger partial charge on any atom is -0.493 e. The van der Waals surface area contributed by atoms with Crippen LogP contribution in [0.3, 0.4) is 0 Å². The number of rotatable bonds is 7. The maximum Gasteiger partial charge on any atom is 0.255 e. The number of methoxy groups -OCH3 is 1. The van der Waals surface area contributed by atoms with Crippen LogP contribution >= 0.6 is 0 Å². The highest BCUT2D eigenvalue weighted by Gasteiger charge is 2.50. The summed E-state index contributed by atoms with van der Waals surface area (Å²) in [6.45, 7) is 0.842. The van der Waals surface area contributed by atoms with Gasteiger partial charge in [-0.25, -0.2) is 0 Å². The molecule has 4 bridgehead atoms. The first-order valence-electron chi connectivity index (χ1n) is 9.53. The number of ether oxygens (including phenoxy) is 2. The monoisotopic (exact) mass is 345 g/mol. The van der Waals surface area contributed by atoms with E-state index in [1.165, 1.54) is 37.7 Å². The molecule has 1 amide bonds. The van der Waals surface area contributed by atoms with E-state index in [0.29, 0.717) is 11.5 Å². The van der Waals surface area contributed by atoms with Gasteiger partial charge in [0.15, 0.2) is 18.1 Å². The maximum absolute atomic E-state index is 10.9. The Hall–Kier alpha value is -1.75. The average Bonchev–Trinajstić information content (AvgIpc) is 2.59. The summed E-state index contributed by atoms with van der Waals surface area (Å²) < 4.78 is 10.8. The van der Waals surface area contributed by atoms with Gasteiger partial charge >= 0.3 is 0 Å². The number of hydrogen-bond donors (Lipinski definition) is 2. The molecule has 1 aromatic rings. The molecular formula is C20H29N2O3+. The van der Waals surface area contributed by atoms with Gasteiger partial charge in [-0.3, -0.25) is 4.79 Å². The van der Waals surface area contributed by atoms with E-state index in [2.05, 4.69) is 11.4 Å². The van der Waals surface area contributed by atoms with E-state index < -0.39 is 5.91 Å². The number of nitrogens with two attached hydrogens (primary N) is 2. The summed E-state index contributed by atoms with van der Waals surface area (Å²) in [6.07, 6.45) is 7.33. The molecule has 5 rings (SSSR count). The van der Waals surface area contributed by atoms with Crippen LogP contribution in [0.2, 0.25) is 0 Å². The molecule has 136 valence electrons. The lowest BCUT2D eigenvalue weighted by Gasteiger charge is -2.52. The van der Waals surface area contributed by atoms with E-state index in [4.69, 9.17) is 15.2 Å². The molecule has 4 saturated carbocycles. The Morgan fingerprint density at radius 3 is 2.40 bits per heavy atom. The maximum atomic E-state index is 10.9. The van der Waals surface area contributed by atoms with Crippen LogP contribution < -0.4 is 20.5 Å². The minimum absolute atomic E-state index is 0.129. The second-order valence-electron chi connectivity index (χ2n) is 8.19. The first-order valence-corrected chi connectivity index (χ1v) is 9.53. The molecule has 0 aromatic heterocycles. The van der Waals surface area contributed by atoms with Crippen LogP contribution in [0.25, 0.3) is 0 Å². The highest BCUT2D eigenvalue weighted by molar-refractivity contribution is 5.75. The highest BCUT2D eigenvalue weighted by atomic mass is 16.5. The lowest BCUT2D eigenvalue weighted by molar-refractivity contribution is -0.723. The summed E-state index contributed by atoms with van der Waals surface area (Å²) in [5.74, 6) is 4.65. The van der Waals surface area contributed by atoms with Gasteiger partial charge in [-0.2, -0.15) is 0 Å². The fourth-order valence-electron chi connectivity index (χ4n) is 5.73. The van der Waals surface area contributed by atoms with Crippen LogP contribution in [0.1, 0.15) is 37.7 Å². The van der Waals surface area contributed by atoms with Gasteiger partial charge in [-0.15, -0.1) is 0 Å². The van der Waals surface area contributed by atoms with Crippen LogP contribution in [0.15, 0.2) is 18.2 Å². The van der Waals surface area contributed by atoms with Crippen molar-refractivity contribution in [2.45, 2.75) is 44.7 Å². The van der Waals surface area contributed by atoms with Gasteiger partial charge in [-0.1, -0.05) is 0 Å². The van der Waals surface area contributed by atoms with Gasteiger partial charge < -0.3 is 20.5 Å². The zero-order valence-corrected chi connectivity index (χ0v) is 14.9. The Kier molecular flexibility index (Phi) is 4.59. The van der Waals surface area contributed by atoms with Crippen LogP contribution in [-0.2, 0) is 11.3 Å². The Labute approximate surface area is 149 Å². The van der Waals surface area contributed by atoms with Crippen molar-refractivity contribution in [2.24, 2.45) is 29.4 Å². The van der Waals surface area contributed by atoms with Crippen LogP contribution in [0.4, 0.5) is 0 Å². The second-order valence-corrected chi connectivity index (χ2v) is 8.19. The third kappa shape index (κ3) is 3.47. The van der Waals surface area contributed by atoms with Gasteiger partial charge in [0.2, 0.25) is 0 Å². The molecule has 4 N–H and O–H groups in total.